The van der Waals surface area contributed by atoms with Crippen LogP contribution >= 0.6 is 11.6 Å². The molecule has 2 rings (SSSR count). The van der Waals surface area contributed by atoms with E-state index >= 15 is 0 Å². The Bertz CT molecular complexity index is 546. The summed E-state index contributed by atoms with van der Waals surface area (Å²) in [7, 11) is 0. The lowest BCUT2D eigenvalue weighted by atomic mass is 9.89. The maximum absolute atomic E-state index is 5.95. The molecule has 2 heteroatoms. The molecule has 0 aliphatic rings. The second kappa shape index (κ2) is 6.23. The lowest BCUT2D eigenvalue weighted by molar-refractivity contribution is 0.691. The van der Waals surface area contributed by atoms with Gasteiger partial charge in [0.1, 0.15) is 0 Å². The molecule has 2 aromatic rings. The number of aryl methyl sites for hydroxylation is 2. The van der Waals surface area contributed by atoms with Crippen LogP contribution in [0.25, 0.3) is 0 Å². The van der Waals surface area contributed by atoms with Crippen molar-refractivity contribution < 1.29 is 0 Å². The molecule has 0 amide bonds. The molecule has 2 aromatic carbocycles. The normalized spacial score (nSPS) is 12.4. The third-order valence-electron chi connectivity index (χ3n) is 3.60. The molecule has 1 atom stereocenters. The first-order valence-electron chi connectivity index (χ1n) is 6.62. The number of hydrogen-bond donors (Lipinski definition) is 1. The van der Waals surface area contributed by atoms with Gasteiger partial charge in [0.2, 0.25) is 0 Å². The van der Waals surface area contributed by atoms with E-state index in [1.165, 1.54) is 22.3 Å². The molecule has 0 aliphatic heterocycles. The van der Waals surface area contributed by atoms with E-state index in [1.807, 2.05) is 12.1 Å². The fraction of sp³-hybridized carbons (Fsp3) is 0.294. The van der Waals surface area contributed by atoms with Crippen LogP contribution in [0.5, 0.6) is 0 Å². The van der Waals surface area contributed by atoms with Gasteiger partial charge in [-0.3, -0.25) is 0 Å². The average Bonchev–Trinajstić information content (AvgIpc) is 2.41. The van der Waals surface area contributed by atoms with E-state index in [0.29, 0.717) is 12.5 Å². The smallest absolute Gasteiger partial charge is 0.0406 e. The molecule has 0 radical (unpaired) electrons. The summed E-state index contributed by atoms with van der Waals surface area (Å²) >= 11 is 5.93. The SMILES string of the molecule is Cc1ccc(C)c(CC(CN)c2ccc(Cl)cc2)c1. The topological polar surface area (TPSA) is 26.0 Å². The molecular formula is C17H20ClN. The zero-order valence-electron chi connectivity index (χ0n) is 11.5. The van der Waals surface area contributed by atoms with Crippen LogP contribution in [0.3, 0.4) is 0 Å². The molecule has 0 heterocycles. The monoisotopic (exact) mass is 273 g/mol. The van der Waals surface area contributed by atoms with E-state index in [4.69, 9.17) is 17.3 Å². The van der Waals surface area contributed by atoms with Crippen molar-refractivity contribution in [2.75, 3.05) is 6.54 Å². The van der Waals surface area contributed by atoms with Gasteiger partial charge in [-0.15, -0.1) is 0 Å². The first-order valence-corrected chi connectivity index (χ1v) is 6.99. The van der Waals surface area contributed by atoms with Crippen LogP contribution in [0.4, 0.5) is 0 Å². The maximum atomic E-state index is 5.95. The molecule has 1 unspecified atom stereocenters. The van der Waals surface area contributed by atoms with Gasteiger partial charge in [-0.25, -0.2) is 0 Å². The minimum atomic E-state index is 0.345. The van der Waals surface area contributed by atoms with Gasteiger partial charge in [-0.05, 0) is 55.6 Å². The van der Waals surface area contributed by atoms with Gasteiger partial charge in [0.25, 0.3) is 0 Å². The highest BCUT2D eigenvalue weighted by atomic mass is 35.5. The Morgan fingerprint density at radius 3 is 2.37 bits per heavy atom. The van der Waals surface area contributed by atoms with Gasteiger partial charge < -0.3 is 5.73 Å². The minimum Gasteiger partial charge on any atom is -0.330 e. The van der Waals surface area contributed by atoms with Crippen LogP contribution in [-0.4, -0.2) is 6.54 Å². The molecule has 0 bridgehead atoms. The third kappa shape index (κ3) is 3.59. The summed E-state index contributed by atoms with van der Waals surface area (Å²) in [6.45, 7) is 4.93. The lowest BCUT2D eigenvalue weighted by Gasteiger charge is -2.17. The molecule has 0 aromatic heterocycles. The lowest BCUT2D eigenvalue weighted by Crippen LogP contribution is -2.15. The minimum absolute atomic E-state index is 0.345. The summed E-state index contributed by atoms with van der Waals surface area (Å²) in [6.07, 6.45) is 0.978. The molecule has 100 valence electrons. The van der Waals surface area contributed by atoms with E-state index in [0.717, 1.165) is 11.4 Å². The predicted octanol–water partition coefficient (Wildman–Crippen LogP) is 4.24. The van der Waals surface area contributed by atoms with Crippen molar-refractivity contribution in [2.24, 2.45) is 5.73 Å². The van der Waals surface area contributed by atoms with E-state index in [1.54, 1.807) is 0 Å². The number of nitrogens with two attached hydrogens (primary N) is 1. The zero-order chi connectivity index (χ0) is 13.8. The number of hydrogen-bond acceptors (Lipinski definition) is 1. The van der Waals surface area contributed by atoms with E-state index in [9.17, 15) is 0 Å². The first-order chi connectivity index (χ1) is 9.10. The quantitative estimate of drug-likeness (QED) is 0.886. The van der Waals surface area contributed by atoms with Crippen molar-refractivity contribution in [2.45, 2.75) is 26.2 Å². The highest BCUT2D eigenvalue weighted by Gasteiger charge is 2.12. The van der Waals surface area contributed by atoms with Crippen LogP contribution < -0.4 is 5.73 Å². The van der Waals surface area contributed by atoms with Gasteiger partial charge in [-0.2, -0.15) is 0 Å². The molecule has 0 saturated heterocycles. The molecule has 19 heavy (non-hydrogen) atoms. The second-order valence-corrected chi connectivity index (χ2v) is 5.55. The summed E-state index contributed by atoms with van der Waals surface area (Å²) in [5.74, 6) is 0.345. The van der Waals surface area contributed by atoms with Gasteiger partial charge >= 0.3 is 0 Å². The van der Waals surface area contributed by atoms with Crippen molar-refractivity contribution in [3.8, 4) is 0 Å². The van der Waals surface area contributed by atoms with Crippen LogP contribution in [0.1, 0.15) is 28.2 Å². The number of benzene rings is 2. The third-order valence-corrected chi connectivity index (χ3v) is 3.85. The molecule has 0 fully saturated rings. The van der Waals surface area contributed by atoms with Gasteiger partial charge in [0, 0.05) is 10.9 Å². The van der Waals surface area contributed by atoms with Crippen LogP contribution in [-0.2, 0) is 6.42 Å². The Balaban J connectivity index is 2.23. The molecule has 1 nitrogen and oxygen atoms in total. The van der Waals surface area contributed by atoms with Crippen molar-refractivity contribution in [3.63, 3.8) is 0 Å². The summed E-state index contributed by atoms with van der Waals surface area (Å²) in [5.41, 5.74) is 11.2. The number of rotatable bonds is 4. The Morgan fingerprint density at radius 1 is 1.05 bits per heavy atom. The van der Waals surface area contributed by atoms with Crippen molar-refractivity contribution in [1.82, 2.24) is 0 Å². The van der Waals surface area contributed by atoms with Crippen molar-refractivity contribution >= 4 is 11.6 Å². The zero-order valence-corrected chi connectivity index (χ0v) is 12.2. The standard InChI is InChI=1S/C17H20ClN/c1-12-3-4-13(2)15(9-12)10-16(11-19)14-5-7-17(18)8-6-14/h3-9,16H,10-11,19H2,1-2H3. The summed E-state index contributed by atoms with van der Waals surface area (Å²) < 4.78 is 0. The Morgan fingerprint density at radius 2 is 1.74 bits per heavy atom. The fourth-order valence-electron chi connectivity index (χ4n) is 2.36. The molecule has 0 spiro atoms. The van der Waals surface area contributed by atoms with E-state index in [2.05, 4.69) is 44.2 Å². The molecule has 0 saturated carbocycles. The highest BCUT2D eigenvalue weighted by molar-refractivity contribution is 6.30. The second-order valence-electron chi connectivity index (χ2n) is 5.12. The van der Waals surface area contributed by atoms with Crippen LogP contribution in [0.2, 0.25) is 5.02 Å². The first kappa shape index (κ1) is 14.1. The fourth-order valence-corrected chi connectivity index (χ4v) is 2.48. The largest absolute Gasteiger partial charge is 0.330 e. The highest BCUT2D eigenvalue weighted by Crippen LogP contribution is 2.24. The van der Waals surface area contributed by atoms with Crippen LogP contribution in [0, 0.1) is 13.8 Å². The summed E-state index contributed by atoms with van der Waals surface area (Å²) in [4.78, 5) is 0. The summed E-state index contributed by atoms with van der Waals surface area (Å²) in [6, 6.07) is 14.6. The van der Waals surface area contributed by atoms with Crippen LogP contribution in [0.15, 0.2) is 42.5 Å². The maximum Gasteiger partial charge on any atom is 0.0406 e. The van der Waals surface area contributed by atoms with E-state index in [-0.39, 0.29) is 0 Å². The molecular weight excluding hydrogens is 254 g/mol. The van der Waals surface area contributed by atoms with Crippen molar-refractivity contribution in [1.29, 1.82) is 0 Å². The molecule has 2 N–H and O–H groups in total. The van der Waals surface area contributed by atoms with Gasteiger partial charge in [0.05, 0.1) is 0 Å². The Labute approximate surface area is 120 Å². The molecule has 0 aliphatic carbocycles. The predicted molar refractivity (Wildman–Crippen MR) is 82.9 cm³/mol. The van der Waals surface area contributed by atoms with Gasteiger partial charge in [-0.1, -0.05) is 47.5 Å². The average molecular weight is 274 g/mol. The Hall–Kier alpha value is -1.31. The Kier molecular flexibility index (Phi) is 4.62. The van der Waals surface area contributed by atoms with E-state index < -0.39 is 0 Å². The summed E-state index contributed by atoms with van der Waals surface area (Å²) in [5, 5.41) is 0.770. The van der Waals surface area contributed by atoms with Crippen molar-refractivity contribution in [3.05, 3.63) is 69.7 Å². The van der Waals surface area contributed by atoms with Gasteiger partial charge in [0.15, 0.2) is 0 Å². The number of halogens is 1.